The summed E-state index contributed by atoms with van der Waals surface area (Å²) in [5, 5.41) is 21.2. The molecule has 0 aromatic carbocycles. The lowest BCUT2D eigenvalue weighted by atomic mass is 9.99. The minimum atomic E-state index is 0.369. The third-order valence-corrected chi connectivity index (χ3v) is 5.83. The molecule has 0 radical (unpaired) electrons. The van der Waals surface area contributed by atoms with Gasteiger partial charge in [0.05, 0.1) is 0 Å². The van der Waals surface area contributed by atoms with Crippen LogP contribution in [0.4, 0.5) is 0 Å². The van der Waals surface area contributed by atoms with Gasteiger partial charge in [-0.15, -0.1) is 6.58 Å². The second-order valence-corrected chi connectivity index (χ2v) is 8.12. The molecule has 0 heterocycles. The first kappa shape index (κ1) is 21.7. The van der Waals surface area contributed by atoms with Crippen molar-refractivity contribution in [3.8, 4) is 0 Å². The Kier molecular flexibility index (Phi) is 10.9. The summed E-state index contributed by atoms with van der Waals surface area (Å²) in [5.74, 6) is 0. The monoisotopic (exact) mass is 339 g/mol. The minimum Gasteiger partial charge on any atom is -0.396 e. The molecule has 0 aromatic heterocycles. The molecule has 2 rings (SSSR count). The fourth-order valence-electron chi connectivity index (χ4n) is 3.27. The van der Waals surface area contributed by atoms with Crippen molar-refractivity contribution in [1.82, 2.24) is 5.32 Å². The van der Waals surface area contributed by atoms with Crippen molar-refractivity contribution in [2.24, 2.45) is 10.8 Å². The maximum Gasteiger partial charge on any atom is 0.0487 e. The number of unbranched alkanes of at least 4 members (excludes halogenated alkanes) is 5. The van der Waals surface area contributed by atoms with Crippen LogP contribution in [0.2, 0.25) is 0 Å². The van der Waals surface area contributed by atoms with Crippen LogP contribution < -0.4 is 5.32 Å². The normalized spacial score (nSPS) is 19.3. The van der Waals surface area contributed by atoms with E-state index in [1.54, 1.807) is 0 Å². The summed E-state index contributed by atoms with van der Waals surface area (Å²) in [4.78, 5) is 0. The van der Waals surface area contributed by atoms with E-state index in [0.29, 0.717) is 24.0 Å². The second kappa shape index (κ2) is 12.1. The molecule has 2 aliphatic rings. The van der Waals surface area contributed by atoms with Crippen molar-refractivity contribution < 1.29 is 10.2 Å². The van der Waals surface area contributed by atoms with Crippen molar-refractivity contribution in [2.45, 2.75) is 83.5 Å². The van der Waals surface area contributed by atoms with Gasteiger partial charge in [-0.05, 0) is 82.2 Å². The van der Waals surface area contributed by atoms with Crippen LogP contribution in [0.3, 0.4) is 0 Å². The van der Waals surface area contributed by atoms with Gasteiger partial charge in [-0.3, -0.25) is 0 Å². The Hall–Kier alpha value is -0.380. The summed E-state index contributed by atoms with van der Waals surface area (Å²) in [5.41, 5.74) is 0.744. The van der Waals surface area contributed by atoms with E-state index in [1.165, 1.54) is 77.0 Å². The Morgan fingerprint density at radius 1 is 0.833 bits per heavy atom. The van der Waals surface area contributed by atoms with Crippen LogP contribution in [0.5, 0.6) is 0 Å². The molecule has 0 amide bonds. The van der Waals surface area contributed by atoms with Gasteiger partial charge in [0.25, 0.3) is 0 Å². The number of aliphatic hydroxyl groups is 2. The quantitative estimate of drug-likeness (QED) is 0.324. The molecular weight excluding hydrogens is 298 g/mol. The molecule has 3 heteroatoms. The molecule has 0 aliphatic heterocycles. The van der Waals surface area contributed by atoms with E-state index in [0.717, 1.165) is 13.0 Å². The first-order valence-electron chi connectivity index (χ1n) is 10.1. The van der Waals surface area contributed by atoms with Gasteiger partial charge >= 0.3 is 0 Å². The lowest BCUT2D eigenvalue weighted by Crippen LogP contribution is -2.09. The number of rotatable bonds is 14. The number of nitrogens with one attached hydrogen (secondary N) is 1. The van der Waals surface area contributed by atoms with Crippen LogP contribution in [0.1, 0.15) is 83.5 Å². The Balaban J connectivity index is 0.000000240. The van der Waals surface area contributed by atoms with Crippen molar-refractivity contribution in [2.75, 3.05) is 26.8 Å². The van der Waals surface area contributed by atoms with Gasteiger partial charge in [0, 0.05) is 13.2 Å². The molecule has 2 aliphatic carbocycles. The third kappa shape index (κ3) is 9.19. The lowest BCUT2D eigenvalue weighted by Gasteiger charge is -2.10. The molecule has 0 atom stereocenters. The van der Waals surface area contributed by atoms with E-state index in [1.807, 2.05) is 13.1 Å². The first-order chi connectivity index (χ1) is 11.7. The fraction of sp³-hybridized carbons (Fsp3) is 0.905. The van der Waals surface area contributed by atoms with E-state index in [9.17, 15) is 0 Å². The number of hydrogen-bond acceptors (Lipinski definition) is 3. The summed E-state index contributed by atoms with van der Waals surface area (Å²) < 4.78 is 0. The molecule has 142 valence electrons. The zero-order valence-corrected chi connectivity index (χ0v) is 16.0. The van der Waals surface area contributed by atoms with Crippen LogP contribution >= 0.6 is 0 Å². The van der Waals surface area contributed by atoms with E-state index in [-0.39, 0.29) is 0 Å². The number of hydrogen-bond donors (Lipinski definition) is 3. The van der Waals surface area contributed by atoms with E-state index in [2.05, 4.69) is 11.9 Å². The lowest BCUT2D eigenvalue weighted by molar-refractivity contribution is 0.200. The van der Waals surface area contributed by atoms with Gasteiger partial charge in [-0.1, -0.05) is 31.8 Å². The highest BCUT2D eigenvalue weighted by atomic mass is 16.3. The van der Waals surface area contributed by atoms with Crippen molar-refractivity contribution >= 4 is 0 Å². The summed E-state index contributed by atoms with van der Waals surface area (Å²) in [7, 11) is 2.00. The predicted molar refractivity (Wildman–Crippen MR) is 103 cm³/mol. The molecule has 2 fully saturated rings. The Morgan fingerprint density at radius 2 is 1.33 bits per heavy atom. The average molecular weight is 340 g/mol. The molecule has 2 saturated carbocycles. The molecule has 0 unspecified atom stereocenters. The summed E-state index contributed by atoms with van der Waals surface area (Å²) in [6.45, 7) is 5.65. The predicted octanol–water partition coefficient (Wildman–Crippen LogP) is 4.43. The summed E-state index contributed by atoms with van der Waals surface area (Å²) >= 11 is 0. The van der Waals surface area contributed by atoms with Crippen LogP contribution in [0.15, 0.2) is 12.7 Å². The van der Waals surface area contributed by atoms with Gasteiger partial charge < -0.3 is 15.5 Å². The second-order valence-electron chi connectivity index (χ2n) is 8.12. The SMILES string of the molecule is C=CCCCCCC1(CO)CC1.CNCCCCCC1(CO)CC1. The highest BCUT2D eigenvalue weighted by Gasteiger charge is 2.41. The molecule has 0 saturated heterocycles. The average Bonchev–Trinajstić information content (AvgIpc) is 3.52. The Morgan fingerprint density at radius 3 is 1.71 bits per heavy atom. The maximum absolute atomic E-state index is 9.05. The fourth-order valence-corrected chi connectivity index (χ4v) is 3.27. The van der Waals surface area contributed by atoms with E-state index >= 15 is 0 Å². The van der Waals surface area contributed by atoms with Crippen LogP contribution in [0, 0.1) is 10.8 Å². The van der Waals surface area contributed by atoms with Crippen LogP contribution in [-0.2, 0) is 0 Å². The van der Waals surface area contributed by atoms with Gasteiger partial charge in [0.2, 0.25) is 0 Å². The third-order valence-electron chi connectivity index (χ3n) is 5.83. The van der Waals surface area contributed by atoms with Crippen LogP contribution in [0.25, 0.3) is 0 Å². The van der Waals surface area contributed by atoms with Gasteiger partial charge in [0.15, 0.2) is 0 Å². The Bertz CT molecular complexity index is 322. The largest absolute Gasteiger partial charge is 0.396 e. The molecular formula is C21H41NO2. The van der Waals surface area contributed by atoms with Gasteiger partial charge in [-0.2, -0.15) is 0 Å². The van der Waals surface area contributed by atoms with Crippen LogP contribution in [-0.4, -0.2) is 37.0 Å². The highest BCUT2D eigenvalue weighted by Crippen LogP contribution is 2.49. The zero-order valence-electron chi connectivity index (χ0n) is 16.0. The topological polar surface area (TPSA) is 52.5 Å². The maximum atomic E-state index is 9.05. The molecule has 3 nitrogen and oxygen atoms in total. The number of allylic oxidation sites excluding steroid dienone is 1. The first-order valence-corrected chi connectivity index (χ1v) is 10.1. The van der Waals surface area contributed by atoms with Crippen molar-refractivity contribution in [3.63, 3.8) is 0 Å². The summed E-state index contributed by atoms with van der Waals surface area (Å²) in [6, 6.07) is 0. The molecule has 0 aromatic rings. The standard InChI is InChI=1S/C11H20O.C10H21NO/c1-2-3-4-5-6-7-11(10-12)8-9-11;1-11-8-4-2-3-5-10(9-12)6-7-10/h2,12H,1,3-10H2;11-12H,2-9H2,1H3. The summed E-state index contributed by atoms with van der Waals surface area (Å²) in [6.07, 6.45) is 18.4. The number of aliphatic hydroxyl groups excluding tert-OH is 2. The van der Waals surface area contributed by atoms with Gasteiger partial charge in [0.1, 0.15) is 0 Å². The molecule has 24 heavy (non-hydrogen) atoms. The van der Waals surface area contributed by atoms with Gasteiger partial charge in [-0.25, -0.2) is 0 Å². The highest BCUT2D eigenvalue weighted by molar-refractivity contribution is 4.92. The van der Waals surface area contributed by atoms with Crippen molar-refractivity contribution in [3.05, 3.63) is 12.7 Å². The minimum absolute atomic E-state index is 0.369. The van der Waals surface area contributed by atoms with E-state index < -0.39 is 0 Å². The molecule has 0 bridgehead atoms. The zero-order chi connectivity index (χ0) is 17.7. The smallest absolute Gasteiger partial charge is 0.0487 e. The van der Waals surface area contributed by atoms with E-state index in [4.69, 9.17) is 10.2 Å². The van der Waals surface area contributed by atoms with Crippen molar-refractivity contribution in [1.29, 1.82) is 0 Å². The Labute approximate surface area is 149 Å². The molecule has 0 spiro atoms. The molecule has 3 N–H and O–H groups in total.